The van der Waals surface area contributed by atoms with Gasteiger partial charge in [0.1, 0.15) is 11.4 Å². The first-order valence-corrected chi connectivity index (χ1v) is 9.59. The number of ether oxygens (including phenoxy) is 2. The fourth-order valence-corrected chi connectivity index (χ4v) is 2.68. The first kappa shape index (κ1) is 24.7. The van der Waals surface area contributed by atoms with Crippen molar-refractivity contribution in [3.05, 3.63) is 35.5 Å². The van der Waals surface area contributed by atoms with E-state index in [1.807, 2.05) is 0 Å². The minimum atomic E-state index is -0.742. The number of hydrogen-bond donors (Lipinski definition) is 2. The molecular formula is C21H30N4O5. The van der Waals surface area contributed by atoms with Crippen molar-refractivity contribution in [3.8, 4) is 5.75 Å². The van der Waals surface area contributed by atoms with E-state index in [0.717, 1.165) is 6.41 Å². The van der Waals surface area contributed by atoms with Crippen LogP contribution < -0.4 is 16.2 Å². The molecule has 9 heteroatoms. The summed E-state index contributed by atoms with van der Waals surface area (Å²) in [4.78, 5) is 39.8. The summed E-state index contributed by atoms with van der Waals surface area (Å²) in [6.07, 6.45) is 2.38. The fraction of sp³-hybridized carbons (Fsp3) is 0.429. The highest BCUT2D eigenvalue weighted by atomic mass is 16.5. The van der Waals surface area contributed by atoms with Crippen molar-refractivity contribution in [2.75, 3.05) is 26.8 Å². The summed E-state index contributed by atoms with van der Waals surface area (Å²) in [6.45, 7) is 4.23. The van der Waals surface area contributed by atoms with Gasteiger partial charge in [-0.2, -0.15) is 0 Å². The summed E-state index contributed by atoms with van der Waals surface area (Å²) in [5.74, 6) is -0.367. The topological polar surface area (TPSA) is 137 Å². The lowest BCUT2D eigenvalue weighted by Crippen LogP contribution is -2.28. The number of carbonyl (C=O) groups excluding carboxylic acids is 3. The number of nitrogens with zero attached hydrogens (tertiary/aromatic N) is 2. The number of primary amides is 1. The molecule has 0 bridgehead atoms. The van der Waals surface area contributed by atoms with Crippen molar-refractivity contribution in [2.24, 2.45) is 16.5 Å². The lowest BCUT2D eigenvalue weighted by Gasteiger charge is -2.19. The summed E-state index contributed by atoms with van der Waals surface area (Å²) in [6, 6.07) is 7.11. The summed E-state index contributed by atoms with van der Waals surface area (Å²) in [7, 11) is 1.58. The van der Waals surface area contributed by atoms with Gasteiger partial charge in [0.05, 0.1) is 19.4 Å². The van der Waals surface area contributed by atoms with Crippen molar-refractivity contribution in [3.63, 3.8) is 0 Å². The molecule has 0 aliphatic carbocycles. The number of hydrogen-bond acceptors (Lipinski definition) is 7. The molecule has 0 aliphatic rings. The molecule has 1 aromatic carbocycles. The molecule has 0 unspecified atom stereocenters. The van der Waals surface area contributed by atoms with Crippen LogP contribution in [0.2, 0.25) is 0 Å². The maximum atomic E-state index is 11.6. The van der Waals surface area contributed by atoms with E-state index in [9.17, 15) is 14.4 Å². The van der Waals surface area contributed by atoms with Crippen LogP contribution in [0, 0.1) is 0 Å². The Hall–Kier alpha value is -3.36. The SMILES string of the molecule is COc1ccc(N=C(C)C(CCN(C=O)CCCCOC(C)=O)=C(N)C(N)=O)cc1. The van der Waals surface area contributed by atoms with E-state index in [1.165, 1.54) is 6.92 Å². The van der Waals surface area contributed by atoms with E-state index in [0.29, 0.717) is 61.7 Å². The minimum absolute atomic E-state index is 0.0783. The zero-order valence-electron chi connectivity index (χ0n) is 17.7. The molecule has 0 radical (unpaired) electrons. The molecule has 0 atom stereocenters. The van der Waals surface area contributed by atoms with Crippen LogP contribution in [0.3, 0.4) is 0 Å². The zero-order valence-corrected chi connectivity index (χ0v) is 17.7. The molecule has 0 aromatic heterocycles. The number of methoxy groups -OCH3 is 1. The second-order valence-electron chi connectivity index (χ2n) is 6.59. The second-order valence-corrected chi connectivity index (χ2v) is 6.59. The molecule has 0 aliphatic heterocycles. The van der Waals surface area contributed by atoms with Gasteiger partial charge in [-0.3, -0.25) is 19.4 Å². The number of nitrogens with two attached hydrogens (primary N) is 2. The molecule has 2 amide bonds. The average Bonchev–Trinajstić information content (AvgIpc) is 2.72. The van der Waals surface area contributed by atoms with Crippen molar-refractivity contribution in [1.82, 2.24) is 4.90 Å². The number of benzene rings is 1. The fourth-order valence-electron chi connectivity index (χ4n) is 2.68. The van der Waals surface area contributed by atoms with Crippen LogP contribution in [0.4, 0.5) is 5.69 Å². The van der Waals surface area contributed by atoms with Gasteiger partial charge in [-0.05, 0) is 50.5 Å². The standard InChI is InChI=1S/C21H30N4O5/c1-15(24-17-6-8-18(29-3)9-7-17)19(20(22)21(23)28)10-12-25(14-26)11-4-5-13-30-16(2)27/h6-9,14H,4-5,10-13,22H2,1-3H3,(H2,23,28). The molecule has 0 saturated carbocycles. The Morgan fingerprint density at radius 1 is 1.10 bits per heavy atom. The Morgan fingerprint density at radius 3 is 2.30 bits per heavy atom. The van der Waals surface area contributed by atoms with Crippen molar-refractivity contribution in [1.29, 1.82) is 0 Å². The summed E-state index contributed by atoms with van der Waals surface area (Å²) < 4.78 is 10.00. The maximum absolute atomic E-state index is 11.6. The van der Waals surface area contributed by atoms with Crippen molar-refractivity contribution in [2.45, 2.75) is 33.1 Å². The van der Waals surface area contributed by atoms with Crippen molar-refractivity contribution < 1.29 is 23.9 Å². The highest BCUT2D eigenvalue weighted by Crippen LogP contribution is 2.20. The quantitative estimate of drug-likeness (QED) is 0.164. The zero-order chi connectivity index (χ0) is 22.5. The van der Waals surface area contributed by atoms with Crippen LogP contribution in [-0.4, -0.2) is 55.7 Å². The van der Waals surface area contributed by atoms with Gasteiger partial charge in [0.25, 0.3) is 5.91 Å². The number of aliphatic imine (C=N–C) groups is 1. The third kappa shape index (κ3) is 8.76. The molecule has 0 heterocycles. The third-order valence-corrected chi connectivity index (χ3v) is 4.34. The van der Waals surface area contributed by atoms with Crippen LogP contribution in [0.15, 0.2) is 40.5 Å². The second kappa shape index (κ2) is 13.0. The molecular weight excluding hydrogens is 388 g/mol. The van der Waals surface area contributed by atoms with Gasteiger partial charge in [0, 0.05) is 31.3 Å². The first-order valence-electron chi connectivity index (χ1n) is 9.59. The number of carbonyl (C=O) groups is 3. The van der Waals surface area contributed by atoms with E-state index in [2.05, 4.69) is 4.99 Å². The van der Waals surface area contributed by atoms with Gasteiger partial charge in [0.15, 0.2) is 0 Å². The summed E-state index contributed by atoms with van der Waals surface area (Å²) in [5, 5.41) is 0. The summed E-state index contributed by atoms with van der Waals surface area (Å²) >= 11 is 0. The predicted molar refractivity (Wildman–Crippen MR) is 114 cm³/mol. The molecule has 0 spiro atoms. The molecule has 1 aromatic rings. The van der Waals surface area contributed by atoms with E-state index in [4.69, 9.17) is 20.9 Å². The Labute approximate surface area is 176 Å². The molecule has 0 saturated heterocycles. The predicted octanol–water partition coefficient (Wildman–Crippen LogP) is 1.68. The van der Waals surface area contributed by atoms with E-state index >= 15 is 0 Å². The normalized spacial score (nSPS) is 12.0. The molecule has 0 fully saturated rings. The number of rotatable bonds is 13. The molecule has 164 valence electrons. The van der Waals surface area contributed by atoms with Gasteiger partial charge >= 0.3 is 5.97 Å². The number of unbranched alkanes of at least 4 members (excludes halogenated alkanes) is 1. The Morgan fingerprint density at radius 2 is 1.77 bits per heavy atom. The maximum Gasteiger partial charge on any atom is 0.302 e. The Balaban J connectivity index is 2.81. The lowest BCUT2D eigenvalue weighted by atomic mass is 10.0. The first-order chi connectivity index (χ1) is 14.3. The highest BCUT2D eigenvalue weighted by Gasteiger charge is 2.14. The van der Waals surface area contributed by atoms with Crippen LogP contribution in [-0.2, 0) is 19.1 Å². The molecule has 4 N–H and O–H groups in total. The van der Waals surface area contributed by atoms with Crippen molar-refractivity contribution >= 4 is 29.7 Å². The Bertz CT molecular complexity index is 787. The van der Waals surface area contributed by atoms with E-state index in [-0.39, 0.29) is 11.7 Å². The van der Waals surface area contributed by atoms with Gasteiger partial charge in [-0.15, -0.1) is 0 Å². The van der Waals surface area contributed by atoms with Crippen LogP contribution >= 0.6 is 0 Å². The third-order valence-electron chi connectivity index (χ3n) is 4.34. The number of amides is 2. The minimum Gasteiger partial charge on any atom is -0.497 e. The lowest BCUT2D eigenvalue weighted by molar-refractivity contribution is -0.141. The highest BCUT2D eigenvalue weighted by molar-refractivity contribution is 6.07. The van der Waals surface area contributed by atoms with E-state index in [1.54, 1.807) is 43.2 Å². The average molecular weight is 418 g/mol. The van der Waals surface area contributed by atoms with Gasteiger partial charge in [0.2, 0.25) is 6.41 Å². The largest absolute Gasteiger partial charge is 0.497 e. The monoisotopic (exact) mass is 418 g/mol. The molecule has 9 nitrogen and oxygen atoms in total. The Kier molecular flexibility index (Phi) is 10.7. The van der Waals surface area contributed by atoms with Gasteiger partial charge < -0.3 is 25.8 Å². The van der Waals surface area contributed by atoms with Crippen LogP contribution in [0.1, 0.15) is 33.1 Å². The molecule has 30 heavy (non-hydrogen) atoms. The van der Waals surface area contributed by atoms with Gasteiger partial charge in [-0.25, -0.2) is 0 Å². The summed E-state index contributed by atoms with van der Waals surface area (Å²) in [5.41, 5.74) is 12.9. The van der Waals surface area contributed by atoms with Gasteiger partial charge in [-0.1, -0.05) is 0 Å². The smallest absolute Gasteiger partial charge is 0.302 e. The van der Waals surface area contributed by atoms with E-state index < -0.39 is 5.91 Å². The van der Waals surface area contributed by atoms with Crippen LogP contribution in [0.5, 0.6) is 5.75 Å². The number of esters is 1. The molecule has 1 rings (SSSR count). The van der Waals surface area contributed by atoms with Crippen LogP contribution in [0.25, 0.3) is 0 Å².